The van der Waals surface area contributed by atoms with Gasteiger partial charge >= 0.3 is 0 Å². The molecule has 28 heavy (non-hydrogen) atoms. The van der Waals surface area contributed by atoms with Crippen LogP contribution in [0.25, 0.3) is 21.8 Å². The number of nitrogens with zero attached hydrogens (tertiary/aromatic N) is 3. The van der Waals surface area contributed by atoms with Crippen molar-refractivity contribution in [2.45, 2.75) is 37.6 Å². The Hall–Kier alpha value is -2.38. The van der Waals surface area contributed by atoms with Crippen molar-refractivity contribution in [3.63, 3.8) is 0 Å². The number of nitrogens with one attached hydrogen (secondary N) is 2. The highest BCUT2D eigenvalue weighted by atomic mass is 32.1. The summed E-state index contributed by atoms with van der Waals surface area (Å²) in [7, 11) is 0. The van der Waals surface area contributed by atoms with E-state index >= 15 is 0 Å². The van der Waals surface area contributed by atoms with Gasteiger partial charge in [0.15, 0.2) is 0 Å². The third-order valence-corrected chi connectivity index (χ3v) is 6.50. The molecule has 1 aromatic carbocycles. The summed E-state index contributed by atoms with van der Waals surface area (Å²) in [6.45, 7) is 2.00. The summed E-state index contributed by atoms with van der Waals surface area (Å²) >= 11 is 1.64. The van der Waals surface area contributed by atoms with Gasteiger partial charge in [-0.15, -0.1) is 11.3 Å². The van der Waals surface area contributed by atoms with Gasteiger partial charge in [0.25, 0.3) is 0 Å². The molecular formula is C21H22FN5S. The van der Waals surface area contributed by atoms with Crippen LogP contribution in [0.5, 0.6) is 0 Å². The Balaban J connectivity index is 1.58. The molecule has 2 fully saturated rings. The Morgan fingerprint density at radius 1 is 1.04 bits per heavy atom. The van der Waals surface area contributed by atoms with Crippen molar-refractivity contribution in [2.24, 2.45) is 0 Å². The topological polar surface area (TPSA) is 62.7 Å². The zero-order valence-corrected chi connectivity index (χ0v) is 16.3. The predicted octanol–water partition coefficient (Wildman–Crippen LogP) is 4.45. The first-order valence-electron chi connectivity index (χ1n) is 9.84. The lowest BCUT2D eigenvalue weighted by Crippen LogP contribution is -2.26. The maximum absolute atomic E-state index is 14.6. The highest BCUT2D eigenvalue weighted by Gasteiger charge is 2.25. The predicted molar refractivity (Wildman–Crippen MR) is 110 cm³/mol. The van der Waals surface area contributed by atoms with Gasteiger partial charge in [0.2, 0.25) is 5.95 Å². The third-order valence-electron chi connectivity index (χ3n) is 5.26. The molecule has 0 spiro atoms. The second kappa shape index (κ2) is 7.56. The van der Waals surface area contributed by atoms with Crippen LogP contribution < -0.4 is 10.6 Å². The number of halogens is 1. The summed E-state index contributed by atoms with van der Waals surface area (Å²) in [5, 5.41) is 7.82. The van der Waals surface area contributed by atoms with Crippen LogP contribution in [-0.4, -0.2) is 34.1 Å². The maximum Gasteiger partial charge on any atom is 0.223 e. The van der Waals surface area contributed by atoms with E-state index in [1.165, 1.54) is 6.07 Å². The van der Waals surface area contributed by atoms with Crippen LogP contribution in [0.15, 0.2) is 36.5 Å². The normalized spacial score (nSPS) is 17.6. The Bertz CT molecular complexity index is 978. The number of piperidine rings is 1. The lowest BCUT2D eigenvalue weighted by Gasteiger charge is -2.20. The SMILES string of the molecule is Fc1ccccc1-c1nc(C2CCNCC2)sc1-c1ccnc(NC2CC2)n1. The average molecular weight is 396 g/mol. The van der Waals surface area contributed by atoms with Gasteiger partial charge in [-0.2, -0.15) is 0 Å². The quantitative estimate of drug-likeness (QED) is 0.668. The van der Waals surface area contributed by atoms with Crippen molar-refractivity contribution >= 4 is 17.3 Å². The zero-order chi connectivity index (χ0) is 18.9. The lowest BCUT2D eigenvalue weighted by molar-refractivity contribution is 0.459. The molecule has 2 aromatic heterocycles. The molecule has 1 saturated carbocycles. The molecule has 0 atom stereocenters. The van der Waals surface area contributed by atoms with Crippen molar-refractivity contribution < 1.29 is 4.39 Å². The second-order valence-corrected chi connectivity index (χ2v) is 8.45. The van der Waals surface area contributed by atoms with Crippen molar-refractivity contribution in [3.05, 3.63) is 47.4 Å². The van der Waals surface area contributed by atoms with Gasteiger partial charge in [0, 0.05) is 23.7 Å². The van der Waals surface area contributed by atoms with E-state index in [0.717, 1.165) is 54.4 Å². The van der Waals surface area contributed by atoms with Crippen LogP contribution in [0.1, 0.15) is 36.6 Å². The standard InChI is InChI=1S/C21H22FN5S/c22-16-4-2-1-3-15(16)18-19(28-20(27-18)13-7-10-23-11-8-13)17-9-12-24-21(26-17)25-14-5-6-14/h1-4,9,12-14,23H,5-8,10-11H2,(H,24,25,26). The van der Waals surface area contributed by atoms with E-state index in [1.807, 2.05) is 12.1 Å². The molecule has 144 valence electrons. The molecule has 3 aromatic rings. The maximum atomic E-state index is 14.6. The number of aromatic nitrogens is 3. The monoisotopic (exact) mass is 395 g/mol. The number of thiazole rings is 1. The van der Waals surface area contributed by atoms with Crippen LogP contribution in [0.4, 0.5) is 10.3 Å². The second-order valence-electron chi connectivity index (χ2n) is 7.42. The number of hydrogen-bond donors (Lipinski definition) is 2. The fourth-order valence-corrected chi connectivity index (χ4v) is 4.77. The number of rotatable bonds is 5. The van der Waals surface area contributed by atoms with E-state index < -0.39 is 0 Å². The van der Waals surface area contributed by atoms with Crippen LogP contribution in [-0.2, 0) is 0 Å². The molecule has 5 rings (SSSR count). The zero-order valence-electron chi connectivity index (χ0n) is 15.5. The van der Waals surface area contributed by atoms with Gasteiger partial charge in [0.1, 0.15) is 5.82 Å². The number of hydrogen-bond acceptors (Lipinski definition) is 6. The van der Waals surface area contributed by atoms with Crippen LogP contribution in [0.3, 0.4) is 0 Å². The van der Waals surface area contributed by atoms with Gasteiger partial charge < -0.3 is 10.6 Å². The molecular weight excluding hydrogens is 373 g/mol. The molecule has 0 unspecified atom stereocenters. The van der Waals surface area contributed by atoms with Crippen molar-refractivity contribution in [3.8, 4) is 21.8 Å². The van der Waals surface area contributed by atoms with Crippen molar-refractivity contribution in [1.82, 2.24) is 20.3 Å². The molecule has 1 aliphatic carbocycles. The van der Waals surface area contributed by atoms with Gasteiger partial charge in [-0.05, 0) is 57.0 Å². The molecule has 2 N–H and O–H groups in total. The summed E-state index contributed by atoms with van der Waals surface area (Å²) in [6.07, 6.45) is 6.20. The molecule has 2 aliphatic rings. The van der Waals surface area contributed by atoms with Crippen LogP contribution in [0.2, 0.25) is 0 Å². The average Bonchev–Trinajstić information content (AvgIpc) is 3.43. The highest BCUT2D eigenvalue weighted by Crippen LogP contribution is 2.41. The van der Waals surface area contributed by atoms with Crippen LogP contribution >= 0.6 is 11.3 Å². The molecule has 7 heteroatoms. The first kappa shape index (κ1) is 17.7. The summed E-state index contributed by atoms with van der Waals surface area (Å²) in [6, 6.07) is 9.22. The molecule has 0 radical (unpaired) electrons. The third kappa shape index (κ3) is 3.64. The summed E-state index contributed by atoms with van der Waals surface area (Å²) in [4.78, 5) is 14.9. The lowest BCUT2D eigenvalue weighted by atomic mass is 9.99. The van der Waals surface area contributed by atoms with Gasteiger partial charge in [-0.3, -0.25) is 0 Å². The smallest absolute Gasteiger partial charge is 0.223 e. The molecule has 0 bridgehead atoms. The Morgan fingerprint density at radius 2 is 1.86 bits per heavy atom. The number of benzene rings is 1. The molecule has 1 aliphatic heterocycles. The summed E-state index contributed by atoms with van der Waals surface area (Å²) in [5.74, 6) is 0.795. The van der Waals surface area contributed by atoms with Crippen molar-refractivity contribution in [1.29, 1.82) is 0 Å². The van der Waals surface area contributed by atoms with E-state index in [4.69, 9.17) is 9.97 Å². The highest BCUT2D eigenvalue weighted by molar-refractivity contribution is 7.15. The van der Waals surface area contributed by atoms with Gasteiger partial charge in [-0.25, -0.2) is 19.3 Å². The Labute approximate surface area is 167 Å². The molecule has 1 saturated heterocycles. The molecule has 3 heterocycles. The summed E-state index contributed by atoms with van der Waals surface area (Å²) < 4.78 is 14.6. The van der Waals surface area contributed by atoms with Crippen LogP contribution in [0, 0.1) is 5.82 Å². The van der Waals surface area contributed by atoms with E-state index in [-0.39, 0.29) is 5.82 Å². The minimum Gasteiger partial charge on any atom is -0.351 e. The van der Waals surface area contributed by atoms with E-state index in [1.54, 1.807) is 29.7 Å². The van der Waals surface area contributed by atoms with E-state index in [2.05, 4.69) is 15.6 Å². The first-order valence-corrected chi connectivity index (χ1v) is 10.7. The minimum absolute atomic E-state index is 0.253. The summed E-state index contributed by atoms with van der Waals surface area (Å²) in [5.41, 5.74) is 2.02. The molecule has 0 amide bonds. The van der Waals surface area contributed by atoms with Gasteiger partial charge in [0.05, 0.1) is 21.3 Å². The fourth-order valence-electron chi connectivity index (χ4n) is 3.55. The Kier molecular flexibility index (Phi) is 4.78. The van der Waals surface area contributed by atoms with Gasteiger partial charge in [-0.1, -0.05) is 12.1 Å². The molecule has 5 nitrogen and oxygen atoms in total. The minimum atomic E-state index is -0.253. The van der Waals surface area contributed by atoms with Crippen molar-refractivity contribution in [2.75, 3.05) is 18.4 Å². The van der Waals surface area contributed by atoms with E-state index in [9.17, 15) is 4.39 Å². The van der Waals surface area contributed by atoms with E-state index in [0.29, 0.717) is 29.2 Å². The number of anilines is 1. The Morgan fingerprint density at radius 3 is 2.64 bits per heavy atom. The largest absolute Gasteiger partial charge is 0.351 e. The first-order chi connectivity index (χ1) is 13.8. The fraction of sp³-hybridized carbons (Fsp3) is 0.381.